The van der Waals surface area contributed by atoms with Crippen LogP contribution in [0, 0.1) is 0 Å². The Morgan fingerprint density at radius 1 is 0.643 bits per heavy atom. The molecular formula is C24H28Cl2SiZr. The summed E-state index contributed by atoms with van der Waals surface area (Å²) in [7, 11) is 0. The Morgan fingerprint density at radius 2 is 1.00 bits per heavy atom. The van der Waals surface area contributed by atoms with E-state index in [-0.39, 0.29) is 24.8 Å². The number of rotatable bonds is 4. The first-order valence-electron chi connectivity index (χ1n) is 9.43. The second-order valence-corrected chi connectivity index (χ2v) is 29.4. The molecule has 2 aliphatic rings. The van der Waals surface area contributed by atoms with E-state index in [0.717, 1.165) is 12.8 Å². The molecule has 0 aromatic heterocycles. The van der Waals surface area contributed by atoms with E-state index >= 15 is 0 Å². The fourth-order valence-corrected chi connectivity index (χ4v) is 26.0. The molecule has 0 heterocycles. The average molecular weight is 507 g/mol. The maximum absolute atomic E-state index is 3.84. The summed E-state index contributed by atoms with van der Waals surface area (Å²) in [6.07, 6.45) is 12.0. The third kappa shape index (κ3) is 3.43. The zero-order valence-electron chi connectivity index (χ0n) is 16.5. The van der Waals surface area contributed by atoms with Crippen LogP contribution in [0.5, 0.6) is 0 Å². The normalized spacial score (nSPS) is 16.2. The van der Waals surface area contributed by atoms with Gasteiger partial charge in [-0.3, -0.25) is 0 Å². The van der Waals surface area contributed by atoms with E-state index in [0.29, 0.717) is 0 Å². The van der Waals surface area contributed by atoms with Gasteiger partial charge in [0.15, 0.2) is 0 Å². The fourth-order valence-electron chi connectivity index (χ4n) is 4.82. The van der Waals surface area contributed by atoms with Crippen LogP contribution in [0.15, 0.2) is 103 Å². The van der Waals surface area contributed by atoms with Gasteiger partial charge in [-0.2, -0.15) is 0 Å². The molecule has 0 saturated heterocycles. The minimum absolute atomic E-state index is 0. The molecule has 0 unspecified atom stereocenters. The van der Waals surface area contributed by atoms with Gasteiger partial charge in [0.2, 0.25) is 0 Å². The van der Waals surface area contributed by atoms with Gasteiger partial charge >= 0.3 is 160 Å². The molecule has 0 bridgehead atoms. The molecule has 2 aromatic rings. The summed E-state index contributed by atoms with van der Waals surface area (Å²) in [6, 6.07) is 22.8. The van der Waals surface area contributed by atoms with Gasteiger partial charge in [-0.25, -0.2) is 0 Å². The second-order valence-electron chi connectivity index (χ2n) is 7.83. The van der Waals surface area contributed by atoms with E-state index in [1.807, 2.05) is 0 Å². The molecule has 146 valence electrons. The predicted octanol–water partition coefficient (Wildman–Crippen LogP) is 5.19. The van der Waals surface area contributed by atoms with Gasteiger partial charge < -0.3 is 0 Å². The second kappa shape index (κ2) is 8.84. The van der Waals surface area contributed by atoms with Gasteiger partial charge in [0.05, 0.1) is 0 Å². The van der Waals surface area contributed by atoms with Gasteiger partial charge in [0.25, 0.3) is 0 Å². The van der Waals surface area contributed by atoms with Crippen molar-refractivity contribution in [2.45, 2.75) is 26.7 Å². The molecular weight excluding hydrogens is 478 g/mol. The van der Waals surface area contributed by atoms with Crippen LogP contribution in [0.3, 0.4) is 0 Å². The quantitative estimate of drug-likeness (QED) is 0.501. The molecule has 0 fully saturated rings. The van der Waals surface area contributed by atoms with Crippen molar-refractivity contribution < 1.29 is 17.4 Å². The van der Waals surface area contributed by atoms with Gasteiger partial charge in [-0.15, -0.1) is 24.8 Å². The van der Waals surface area contributed by atoms with Crippen molar-refractivity contribution in [1.29, 1.82) is 0 Å². The number of halogens is 2. The summed E-state index contributed by atoms with van der Waals surface area (Å²) < 4.78 is 6.52. The molecule has 28 heavy (non-hydrogen) atoms. The van der Waals surface area contributed by atoms with Gasteiger partial charge in [-0.1, -0.05) is 0 Å². The summed E-state index contributed by atoms with van der Waals surface area (Å²) in [5.41, 5.74) is 2.84. The Labute approximate surface area is 183 Å². The molecule has 0 aliphatic heterocycles. The molecule has 0 nitrogen and oxygen atoms in total. The van der Waals surface area contributed by atoms with E-state index in [1.165, 1.54) is 11.1 Å². The molecule has 2 aliphatic carbocycles. The summed E-state index contributed by atoms with van der Waals surface area (Å²) in [5.74, 6) is 0. The van der Waals surface area contributed by atoms with Crippen molar-refractivity contribution in [3.63, 3.8) is 0 Å². The Hall–Kier alpha value is -0.920. The SMILES string of the molecule is CC1=CC[C]([Zr](=[SiH2])([C]2=CC(C)=CC2)([c]2ccccc2)[c]2ccccc2)=C1.Cl.Cl. The van der Waals surface area contributed by atoms with Crippen molar-refractivity contribution in [3.05, 3.63) is 103 Å². The molecule has 0 atom stereocenters. The van der Waals surface area contributed by atoms with Gasteiger partial charge in [-0.05, 0) is 0 Å². The zero-order valence-corrected chi connectivity index (χ0v) is 22.0. The number of allylic oxidation sites excluding steroid dienone is 8. The Morgan fingerprint density at radius 3 is 1.29 bits per heavy atom. The van der Waals surface area contributed by atoms with E-state index in [2.05, 4.69) is 106 Å². The van der Waals surface area contributed by atoms with Crippen LogP contribution in [0.25, 0.3) is 0 Å². The molecule has 0 radical (unpaired) electrons. The average Bonchev–Trinajstić information content (AvgIpc) is 3.32. The van der Waals surface area contributed by atoms with Gasteiger partial charge in [0, 0.05) is 0 Å². The standard InChI is InChI=1S/2C6H7.2C6H5.2ClH.H2Si.Zr/c2*1-6-4-2-3-5-6;2*1-2-4-6-5-3-1;;;;/h2*4-5H,2H2,1H3;2*1-5H;2*1H;1H2;. The van der Waals surface area contributed by atoms with Crippen molar-refractivity contribution in [3.8, 4) is 0 Å². The minimum Gasteiger partial charge on any atom is -0.147 e. The molecule has 2 aromatic carbocycles. The van der Waals surface area contributed by atoms with Crippen molar-refractivity contribution in [2.75, 3.05) is 0 Å². The number of benzene rings is 2. The number of hydrogen-bond donors (Lipinski definition) is 0. The largest absolute Gasteiger partial charge is 0.147 e. The van der Waals surface area contributed by atoms with Crippen LogP contribution in [0.2, 0.25) is 0 Å². The van der Waals surface area contributed by atoms with E-state index in [4.69, 9.17) is 0 Å². The summed E-state index contributed by atoms with van der Waals surface area (Å²) in [5, 5.41) is 0. The first-order valence-corrected chi connectivity index (χ1v) is 20.3. The molecule has 0 amide bonds. The van der Waals surface area contributed by atoms with Crippen molar-refractivity contribution in [1.82, 2.24) is 0 Å². The Kier molecular flexibility index (Phi) is 7.37. The number of hydrogen-bond acceptors (Lipinski definition) is 0. The van der Waals surface area contributed by atoms with E-state index < -0.39 is 17.4 Å². The molecule has 4 heteroatoms. The molecule has 0 spiro atoms. The molecule has 0 saturated carbocycles. The summed E-state index contributed by atoms with van der Waals surface area (Å²) in [6.45, 7) is 6.86. The predicted molar refractivity (Wildman–Crippen MR) is 128 cm³/mol. The summed E-state index contributed by atoms with van der Waals surface area (Å²) >= 11 is -3.84. The van der Waals surface area contributed by atoms with E-state index in [9.17, 15) is 0 Å². The van der Waals surface area contributed by atoms with Crippen LogP contribution in [-0.2, 0) is 17.4 Å². The molecule has 0 N–H and O–H groups in total. The van der Waals surface area contributed by atoms with Gasteiger partial charge in [0.1, 0.15) is 0 Å². The van der Waals surface area contributed by atoms with E-state index in [1.54, 1.807) is 13.1 Å². The Balaban J connectivity index is 0.00000140. The molecule has 4 rings (SSSR count). The third-order valence-electron chi connectivity index (χ3n) is 6.33. The zero-order chi connectivity index (χ0) is 18.2. The van der Waals surface area contributed by atoms with Crippen LogP contribution >= 0.6 is 24.8 Å². The topological polar surface area (TPSA) is 0 Å². The van der Waals surface area contributed by atoms with Crippen molar-refractivity contribution >= 4 is 38.2 Å². The van der Waals surface area contributed by atoms with Crippen molar-refractivity contribution in [2.24, 2.45) is 0 Å². The minimum atomic E-state index is -3.84. The van der Waals surface area contributed by atoms with Crippen LogP contribution in [-0.4, -0.2) is 6.88 Å². The van der Waals surface area contributed by atoms with Crippen LogP contribution in [0.1, 0.15) is 26.7 Å². The van der Waals surface area contributed by atoms with Crippen LogP contribution < -0.4 is 6.54 Å². The maximum Gasteiger partial charge on any atom is -0.147 e. The third-order valence-corrected chi connectivity index (χ3v) is 33.1. The Bertz CT molecular complexity index is 959. The fraction of sp³-hybridized carbons (Fsp3) is 0.167. The first-order chi connectivity index (χ1) is 12.5. The van der Waals surface area contributed by atoms with Crippen LogP contribution in [0.4, 0.5) is 0 Å². The first kappa shape index (κ1) is 23.4. The maximum atomic E-state index is 2.51. The monoisotopic (exact) mass is 504 g/mol. The summed E-state index contributed by atoms with van der Waals surface area (Å²) in [4.78, 5) is 0. The smallest absolute Gasteiger partial charge is 0.147 e.